The van der Waals surface area contributed by atoms with E-state index in [1.54, 1.807) is 30.2 Å². The number of hydrogen-bond donors (Lipinski definition) is 0. The second-order valence-electron chi connectivity index (χ2n) is 8.36. The molecule has 4 rings (SSSR count). The fraction of sp³-hybridized carbons (Fsp3) is 0.375. The number of carbonyl (C=O) groups excluding carboxylic acids is 1. The van der Waals surface area contributed by atoms with Crippen molar-refractivity contribution < 1.29 is 32.0 Å². The van der Waals surface area contributed by atoms with E-state index in [0.717, 1.165) is 12.1 Å². The van der Waals surface area contributed by atoms with Crippen molar-refractivity contribution in [3.8, 4) is 22.9 Å². The van der Waals surface area contributed by atoms with E-state index in [0.29, 0.717) is 40.9 Å². The molecule has 1 aliphatic rings. The number of alkyl halides is 3. The van der Waals surface area contributed by atoms with Gasteiger partial charge in [-0.3, -0.25) is 4.79 Å². The summed E-state index contributed by atoms with van der Waals surface area (Å²) in [6.07, 6.45) is -4.22. The van der Waals surface area contributed by atoms with Gasteiger partial charge in [-0.25, -0.2) is 0 Å². The molecule has 2 heterocycles. The van der Waals surface area contributed by atoms with Gasteiger partial charge in [0.2, 0.25) is 17.6 Å². The summed E-state index contributed by atoms with van der Waals surface area (Å²) in [5.74, 6) is 1.41. The van der Waals surface area contributed by atoms with Gasteiger partial charge >= 0.3 is 6.18 Å². The number of methoxy groups -OCH3 is 1. The molecular weight excluding hydrogens is 451 g/mol. The number of halogens is 3. The molecule has 0 saturated carbocycles. The van der Waals surface area contributed by atoms with E-state index < -0.39 is 11.7 Å². The maximum absolute atomic E-state index is 12.8. The summed E-state index contributed by atoms with van der Waals surface area (Å²) in [5.41, 5.74) is 0.568. The molecule has 0 radical (unpaired) electrons. The van der Waals surface area contributed by atoms with E-state index in [1.807, 2.05) is 13.8 Å². The number of ether oxygens (including phenoxy) is 2. The normalized spacial score (nSPS) is 16.4. The summed E-state index contributed by atoms with van der Waals surface area (Å²) in [7, 11) is 1.54. The van der Waals surface area contributed by atoms with Crippen LogP contribution in [0.3, 0.4) is 0 Å². The van der Waals surface area contributed by atoms with E-state index in [4.69, 9.17) is 14.0 Å². The van der Waals surface area contributed by atoms with Crippen LogP contribution in [-0.2, 0) is 17.5 Å². The Bertz CT molecular complexity index is 1160. The minimum atomic E-state index is -4.39. The summed E-state index contributed by atoms with van der Waals surface area (Å²) >= 11 is 0. The highest BCUT2D eigenvalue weighted by molar-refractivity contribution is 5.79. The van der Waals surface area contributed by atoms with Gasteiger partial charge in [-0.1, -0.05) is 17.3 Å². The van der Waals surface area contributed by atoms with Crippen LogP contribution in [-0.4, -0.2) is 40.7 Å². The smallest absolute Gasteiger partial charge is 0.416 e. The number of benzene rings is 2. The van der Waals surface area contributed by atoms with Gasteiger partial charge < -0.3 is 18.9 Å². The molecule has 34 heavy (non-hydrogen) atoms. The molecule has 1 amide bonds. The molecule has 1 fully saturated rings. The van der Waals surface area contributed by atoms with Gasteiger partial charge in [0.25, 0.3) is 0 Å². The molecule has 0 N–H and O–H groups in total. The third-order valence-corrected chi connectivity index (χ3v) is 5.44. The summed E-state index contributed by atoms with van der Waals surface area (Å²) in [6, 6.07) is 10.1. The molecule has 180 valence electrons. The van der Waals surface area contributed by atoms with Crippen molar-refractivity contribution in [1.82, 2.24) is 15.0 Å². The zero-order valence-corrected chi connectivity index (χ0v) is 18.9. The average molecular weight is 475 g/mol. The summed E-state index contributed by atoms with van der Waals surface area (Å²) < 4.78 is 54.8. The average Bonchev–Trinajstić information content (AvgIpc) is 3.41. The molecule has 0 bridgehead atoms. The van der Waals surface area contributed by atoms with E-state index >= 15 is 0 Å². The number of aromatic nitrogens is 2. The maximum atomic E-state index is 12.8. The Morgan fingerprint density at radius 2 is 1.88 bits per heavy atom. The van der Waals surface area contributed by atoms with Gasteiger partial charge in [0.15, 0.2) is 11.5 Å². The van der Waals surface area contributed by atoms with Crippen LogP contribution in [0, 0.1) is 0 Å². The monoisotopic (exact) mass is 475 g/mol. The van der Waals surface area contributed by atoms with Gasteiger partial charge in [-0.15, -0.1) is 0 Å². The standard InChI is InChI=1S/C24H24F3N3O4/c1-14(2)33-19-9-6-16(10-20(19)32-3)22-28-23(34-29-22)17-11-21(31)30(13-17)12-15-4-7-18(8-5-15)24(25,26)27/h4-10,14,17H,11-13H2,1-3H3. The molecule has 1 unspecified atom stereocenters. The van der Waals surface area contributed by atoms with Crippen LogP contribution in [0.1, 0.15) is 43.2 Å². The van der Waals surface area contributed by atoms with Crippen molar-refractivity contribution in [2.45, 2.75) is 45.0 Å². The van der Waals surface area contributed by atoms with Crippen LogP contribution in [0.5, 0.6) is 11.5 Å². The zero-order chi connectivity index (χ0) is 24.5. The number of rotatable bonds is 7. The first-order valence-corrected chi connectivity index (χ1v) is 10.8. The minimum Gasteiger partial charge on any atom is -0.493 e. The molecule has 1 aliphatic heterocycles. The summed E-state index contributed by atoms with van der Waals surface area (Å²) in [5, 5.41) is 4.04. The van der Waals surface area contributed by atoms with E-state index in [-0.39, 0.29) is 30.9 Å². The van der Waals surface area contributed by atoms with Crippen LogP contribution in [0.25, 0.3) is 11.4 Å². The Labute approximate surface area is 194 Å². The van der Waals surface area contributed by atoms with Gasteiger partial charge in [-0.05, 0) is 49.7 Å². The molecule has 7 nitrogen and oxygen atoms in total. The zero-order valence-electron chi connectivity index (χ0n) is 18.9. The van der Waals surface area contributed by atoms with Crippen LogP contribution in [0.15, 0.2) is 47.0 Å². The van der Waals surface area contributed by atoms with E-state index in [9.17, 15) is 18.0 Å². The van der Waals surface area contributed by atoms with Gasteiger partial charge in [0.05, 0.1) is 24.7 Å². The largest absolute Gasteiger partial charge is 0.493 e. The number of hydrogen-bond acceptors (Lipinski definition) is 6. The Morgan fingerprint density at radius 3 is 2.53 bits per heavy atom. The maximum Gasteiger partial charge on any atom is 0.416 e. The molecule has 0 spiro atoms. The Morgan fingerprint density at radius 1 is 1.15 bits per heavy atom. The van der Waals surface area contributed by atoms with Gasteiger partial charge in [-0.2, -0.15) is 18.2 Å². The van der Waals surface area contributed by atoms with Crippen molar-refractivity contribution in [3.63, 3.8) is 0 Å². The van der Waals surface area contributed by atoms with E-state index in [1.165, 1.54) is 12.1 Å². The van der Waals surface area contributed by atoms with Crippen molar-refractivity contribution in [3.05, 3.63) is 59.5 Å². The molecule has 1 aromatic heterocycles. The van der Waals surface area contributed by atoms with E-state index in [2.05, 4.69) is 10.1 Å². The highest BCUT2D eigenvalue weighted by Gasteiger charge is 2.35. The van der Waals surface area contributed by atoms with Gasteiger partial charge in [0, 0.05) is 25.1 Å². The first-order valence-electron chi connectivity index (χ1n) is 10.8. The second kappa shape index (κ2) is 9.36. The molecule has 2 aromatic carbocycles. The molecule has 1 saturated heterocycles. The Kier molecular flexibility index (Phi) is 6.49. The second-order valence-corrected chi connectivity index (χ2v) is 8.36. The van der Waals surface area contributed by atoms with Crippen LogP contribution in [0.4, 0.5) is 13.2 Å². The lowest BCUT2D eigenvalue weighted by Gasteiger charge is -2.16. The predicted octanol–water partition coefficient (Wildman–Crippen LogP) is 5.07. The SMILES string of the molecule is COc1cc(-c2noc(C3CC(=O)N(Cc4ccc(C(F)(F)F)cc4)C3)n2)ccc1OC(C)C. The van der Waals surface area contributed by atoms with Crippen molar-refractivity contribution in [2.75, 3.05) is 13.7 Å². The van der Waals surface area contributed by atoms with Crippen molar-refractivity contribution in [1.29, 1.82) is 0 Å². The highest BCUT2D eigenvalue weighted by atomic mass is 19.4. The highest BCUT2D eigenvalue weighted by Crippen LogP contribution is 2.34. The molecule has 3 aromatic rings. The lowest BCUT2D eigenvalue weighted by molar-refractivity contribution is -0.137. The van der Waals surface area contributed by atoms with Crippen LogP contribution >= 0.6 is 0 Å². The number of likely N-dealkylation sites (tertiary alicyclic amines) is 1. The predicted molar refractivity (Wildman–Crippen MR) is 116 cm³/mol. The van der Waals surface area contributed by atoms with Crippen LogP contribution < -0.4 is 9.47 Å². The summed E-state index contributed by atoms with van der Waals surface area (Å²) in [4.78, 5) is 18.5. The molecule has 0 aliphatic carbocycles. The van der Waals surface area contributed by atoms with Crippen molar-refractivity contribution in [2.24, 2.45) is 0 Å². The molecule has 10 heteroatoms. The Hall–Kier alpha value is -3.56. The van der Waals surface area contributed by atoms with Gasteiger partial charge in [0.1, 0.15) is 0 Å². The Balaban J connectivity index is 1.45. The summed E-state index contributed by atoms with van der Waals surface area (Å²) in [6.45, 7) is 4.39. The third-order valence-electron chi connectivity index (χ3n) is 5.44. The fourth-order valence-electron chi connectivity index (χ4n) is 3.79. The first kappa shape index (κ1) is 23.6. The fourth-order valence-corrected chi connectivity index (χ4v) is 3.79. The number of nitrogens with zero attached hydrogens (tertiary/aromatic N) is 3. The third kappa shape index (κ3) is 5.16. The van der Waals surface area contributed by atoms with Crippen LogP contribution in [0.2, 0.25) is 0 Å². The minimum absolute atomic E-state index is 0.0121. The topological polar surface area (TPSA) is 77.7 Å². The lowest BCUT2D eigenvalue weighted by atomic mass is 10.1. The number of amides is 1. The molecular formula is C24H24F3N3O4. The molecule has 1 atom stereocenters. The van der Waals surface area contributed by atoms with Crippen molar-refractivity contribution >= 4 is 5.91 Å². The number of carbonyl (C=O) groups is 1. The first-order chi connectivity index (χ1) is 16.1. The lowest BCUT2D eigenvalue weighted by Crippen LogP contribution is -2.24. The quantitative estimate of drug-likeness (QED) is 0.475.